The van der Waals surface area contributed by atoms with Gasteiger partial charge in [-0.3, -0.25) is 4.79 Å². The quantitative estimate of drug-likeness (QED) is 0.856. The lowest BCUT2D eigenvalue weighted by atomic mass is 9.91. The van der Waals surface area contributed by atoms with Crippen molar-refractivity contribution in [2.24, 2.45) is 5.41 Å². The van der Waals surface area contributed by atoms with Crippen LogP contribution in [0.25, 0.3) is 0 Å². The molecule has 2 rings (SSSR count). The standard InChI is InChI=1S/C12H16O2S/c1-4-8-5-6-15-9(8)12(10(13)14)7-11(12,2)3/h5-6H,4,7H2,1-3H3,(H,13,14). The van der Waals surface area contributed by atoms with Crippen LogP contribution in [0.4, 0.5) is 0 Å². The molecule has 0 saturated heterocycles. The highest BCUT2D eigenvalue weighted by molar-refractivity contribution is 7.10. The first-order valence-corrected chi connectivity index (χ1v) is 6.14. The van der Waals surface area contributed by atoms with Gasteiger partial charge in [0.2, 0.25) is 0 Å². The Morgan fingerprint density at radius 3 is 2.60 bits per heavy atom. The summed E-state index contributed by atoms with van der Waals surface area (Å²) < 4.78 is 0. The van der Waals surface area contributed by atoms with Crippen LogP contribution in [0, 0.1) is 5.41 Å². The maximum atomic E-state index is 11.5. The zero-order valence-electron chi connectivity index (χ0n) is 9.33. The molecule has 2 nitrogen and oxygen atoms in total. The van der Waals surface area contributed by atoms with Gasteiger partial charge in [-0.05, 0) is 35.3 Å². The summed E-state index contributed by atoms with van der Waals surface area (Å²) in [5.74, 6) is -0.662. The molecule has 1 aliphatic carbocycles. The Labute approximate surface area is 93.9 Å². The molecule has 0 amide bonds. The third-order valence-electron chi connectivity index (χ3n) is 3.62. The van der Waals surface area contributed by atoms with Crippen molar-refractivity contribution in [2.45, 2.75) is 39.0 Å². The number of hydrogen-bond donors (Lipinski definition) is 1. The van der Waals surface area contributed by atoms with Gasteiger partial charge < -0.3 is 5.11 Å². The highest BCUT2D eigenvalue weighted by atomic mass is 32.1. The number of carboxylic acid groups (broad SMARTS) is 1. The number of carboxylic acids is 1. The molecule has 3 heteroatoms. The van der Waals surface area contributed by atoms with Crippen molar-refractivity contribution in [3.8, 4) is 0 Å². The van der Waals surface area contributed by atoms with Gasteiger partial charge in [-0.15, -0.1) is 11.3 Å². The SMILES string of the molecule is CCc1ccsc1C1(C(=O)O)CC1(C)C. The first kappa shape index (κ1) is 10.7. The van der Waals surface area contributed by atoms with Crippen molar-refractivity contribution in [3.05, 3.63) is 21.9 Å². The predicted octanol–water partition coefficient (Wildman–Crippen LogP) is 3.06. The third kappa shape index (κ3) is 1.26. The fourth-order valence-electron chi connectivity index (χ4n) is 2.46. The van der Waals surface area contributed by atoms with Gasteiger partial charge in [-0.2, -0.15) is 0 Å². The summed E-state index contributed by atoms with van der Waals surface area (Å²) in [6, 6.07) is 2.05. The van der Waals surface area contributed by atoms with E-state index >= 15 is 0 Å². The fourth-order valence-corrected chi connectivity index (χ4v) is 3.83. The highest BCUT2D eigenvalue weighted by Gasteiger charge is 2.68. The van der Waals surface area contributed by atoms with Gasteiger partial charge >= 0.3 is 5.97 Å². The van der Waals surface area contributed by atoms with Crippen LogP contribution in [0.1, 0.15) is 37.6 Å². The number of hydrogen-bond acceptors (Lipinski definition) is 2. The Morgan fingerprint density at radius 2 is 2.20 bits per heavy atom. The molecule has 0 spiro atoms. The summed E-state index contributed by atoms with van der Waals surface area (Å²) in [6.45, 7) is 6.16. The summed E-state index contributed by atoms with van der Waals surface area (Å²) in [4.78, 5) is 12.5. The number of thiophene rings is 1. The number of aliphatic carboxylic acids is 1. The minimum atomic E-state index is -0.662. The molecule has 1 atom stereocenters. The van der Waals surface area contributed by atoms with Crippen molar-refractivity contribution in [3.63, 3.8) is 0 Å². The monoisotopic (exact) mass is 224 g/mol. The molecule has 1 fully saturated rings. The maximum Gasteiger partial charge on any atom is 0.315 e. The minimum absolute atomic E-state index is 0.0897. The average molecular weight is 224 g/mol. The van der Waals surface area contributed by atoms with Crippen LogP contribution < -0.4 is 0 Å². The van der Waals surface area contributed by atoms with Crippen LogP contribution in [0.5, 0.6) is 0 Å². The van der Waals surface area contributed by atoms with Gasteiger partial charge in [0.05, 0.1) is 0 Å². The zero-order valence-corrected chi connectivity index (χ0v) is 10.1. The molecule has 0 aromatic carbocycles. The van der Waals surface area contributed by atoms with E-state index in [-0.39, 0.29) is 5.41 Å². The maximum absolute atomic E-state index is 11.5. The lowest BCUT2D eigenvalue weighted by Gasteiger charge is -2.15. The molecule has 0 bridgehead atoms. The largest absolute Gasteiger partial charge is 0.481 e. The molecule has 1 aromatic heterocycles. The van der Waals surface area contributed by atoms with E-state index in [1.807, 2.05) is 19.2 Å². The van der Waals surface area contributed by atoms with E-state index in [0.29, 0.717) is 0 Å². The van der Waals surface area contributed by atoms with Gasteiger partial charge in [-0.1, -0.05) is 20.8 Å². The van der Waals surface area contributed by atoms with E-state index in [9.17, 15) is 9.90 Å². The Bertz CT molecular complexity index is 406. The topological polar surface area (TPSA) is 37.3 Å². The molecule has 82 valence electrons. The Morgan fingerprint density at radius 1 is 1.60 bits per heavy atom. The molecule has 0 aliphatic heterocycles. The van der Waals surface area contributed by atoms with Gasteiger partial charge in [0, 0.05) is 4.88 Å². The second-order valence-corrected chi connectivity index (χ2v) is 5.82. The van der Waals surface area contributed by atoms with Gasteiger partial charge in [0.1, 0.15) is 5.41 Å². The summed E-state index contributed by atoms with van der Waals surface area (Å²) in [5.41, 5.74) is 0.508. The van der Waals surface area contributed by atoms with Crippen molar-refractivity contribution < 1.29 is 9.90 Å². The van der Waals surface area contributed by atoms with Crippen LogP contribution >= 0.6 is 11.3 Å². The van der Waals surface area contributed by atoms with Crippen molar-refractivity contribution in [2.75, 3.05) is 0 Å². The second-order valence-electron chi connectivity index (χ2n) is 4.90. The number of rotatable bonds is 3. The number of aryl methyl sites for hydroxylation is 1. The molecule has 1 heterocycles. The van der Waals surface area contributed by atoms with Gasteiger partial charge in [0.15, 0.2) is 0 Å². The van der Waals surface area contributed by atoms with Crippen molar-refractivity contribution in [1.82, 2.24) is 0 Å². The van der Waals surface area contributed by atoms with E-state index in [0.717, 1.165) is 17.7 Å². The highest BCUT2D eigenvalue weighted by Crippen LogP contribution is 2.66. The van der Waals surface area contributed by atoms with E-state index in [4.69, 9.17) is 0 Å². The normalized spacial score (nSPS) is 27.7. The van der Waals surface area contributed by atoms with Gasteiger partial charge in [-0.25, -0.2) is 0 Å². The van der Waals surface area contributed by atoms with Crippen LogP contribution in [-0.2, 0) is 16.6 Å². The lowest BCUT2D eigenvalue weighted by molar-refractivity contribution is -0.140. The summed E-state index contributed by atoms with van der Waals surface area (Å²) >= 11 is 1.59. The summed E-state index contributed by atoms with van der Waals surface area (Å²) in [5, 5.41) is 11.4. The molecule has 1 N–H and O–H groups in total. The molecule has 1 unspecified atom stereocenters. The predicted molar refractivity (Wildman–Crippen MR) is 61.4 cm³/mol. The van der Waals surface area contributed by atoms with Crippen LogP contribution in [0.3, 0.4) is 0 Å². The first-order valence-electron chi connectivity index (χ1n) is 5.26. The Balaban J connectivity index is 2.50. The first-order chi connectivity index (χ1) is 6.95. The van der Waals surface area contributed by atoms with Crippen molar-refractivity contribution in [1.29, 1.82) is 0 Å². The molecular weight excluding hydrogens is 208 g/mol. The Hall–Kier alpha value is -0.830. The van der Waals surface area contributed by atoms with E-state index in [2.05, 4.69) is 13.0 Å². The molecule has 1 saturated carbocycles. The smallest absolute Gasteiger partial charge is 0.315 e. The van der Waals surface area contributed by atoms with Crippen molar-refractivity contribution >= 4 is 17.3 Å². The van der Waals surface area contributed by atoms with E-state index < -0.39 is 11.4 Å². The molecule has 0 radical (unpaired) electrons. The summed E-state index contributed by atoms with van der Waals surface area (Å²) in [6.07, 6.45) is 1.69. The minimum Gasteiger partial charge on any atom is -0.481 e. The zero-order chi connectivity index (χ0) is 11.3. The van der Waals surface area contributed by atoms with E-state index in [1.165, 1.54) is 5.56 Å². The van der Waals surface area contributed by atoms with Crippen LogP contribution in [0.2, 0.25) is 0 Å². The lowest BCUT2D eigenvalue weighted by Crippen LogP contribution is -2.25. The van der Waals surface area contributed by atoms with Gasteiger partial charge in [0.25, 0.3) is 0 Å². The number of carbonyl (C=O) groups is 1. The summed E-state index contributed by atoms with van der Waals surface area (Å²) in [7, 11) is 0. The van der Waals surface area contributed by atoms with Crippen LogP contribution in [0.15, 0.2) is 11.4 Å². The molecule has 1 aromatic rings. The molecule has 15 heavy (non-hydrogen) atoms. The van der Waals surface area contributed by atoms with E-state index in [1.54, 1.807) is 11.3 Å². The fraction of sp³-hybridized carbons (Fsp3) is 0.583. The third-order valence-corrected chi connectivity index (χ3v) is 4.74. The second kappa shape index (κ2) is 3.08. The average Bonchev–Trinajstić information content (AvgIpc) is 2.60. The Kier molecular flexibility index (Phi) is 2.19. The van der Waals surface area contributed by atoms with Crippen LogP contribution in [-0.4, -0.2) is 11.1 Å². The molecule has 1 aliphatic rings. The molecular formula is C12H16O2S.